The first kappa shape index (κ1) is 8.48. The van der Waals surface area contributed by atoms with Crippen molar-refractivity contribution < 1.29 is 14.6 Å². The minimum Gasteiger partial charge on any atom is -0.391 e. The zero-order valence-electron chi connectivity index (χ0n) is 7.62. The average molecular weight is 172 g/mol. The minimum absolute atomic E-state index is 0.113. The Balaban J connectivity index is 2.12. The monoisotopic (exact) mass is 172 g/mol. The fraction of sp³-hybridized carbons (Fsp3) is 1.00. The van der Waals surface area contributed by atoms with Gasteiger partial charge in [0.05, 0.1) is 12.2 Å². The topological polar surface area (TPSA) is 38.7 Å². The summed E-state index contributed by atoms with van der Waals surface area (Å²) < 4.78 is 11.3. The first-order chi connectivity index (χ1) is 5.61. The van der Waals surface area contributed by atoms with Crippen molar-refractivity contribution in [2.75, 3.05) is 0 Å². The Hall–Kier alpha value is -0.120. The molecule has 0 amide bonds. The second-order valence-electron chi connectivity index (χ2n) is 4.01. The molecule has 70 valence electrons. The molecule has 2 aliphatic rings. The lowest BCUT2D eigenvalue weighted by Crippen LogP contribution is -2.32. The molecule has 2 fully saturated rings. The van der Waals surface area contributed by atoms with Gasteiger partial charge in [-0.15, -0.1) is 0 Å². The third-order valence-electron chi connectivity index (χ3n) is 2.75. The minimum atomic E-state index is -0.421. The molecule has 0 radical (unpaired) electrons. The van der Waals surface area contributed by atoms with Gasteiger partial charge in [0, 0.05) is 6.42 Å². The van der Waals surface area contributed by atoms with E-state index in [0.717, 1.165) is 19.3 Å². The molecule has 2 bridgehead atoms. The van der Waals surface area contributed by atoms with Crippen molar-refractivity contribution in [3.63, 3.8) is 0 Å². The van der Waals surface area contributed by atoms with Gasteiger partial charge >= 0.3 is 0 Å². The van der Waals surface area contributed by atoms with Gasteiger partial charge in [0.25, 0.3) is 0 Å². The highest BCUT2D eigenvalue weighted by molar-refractivity contribution is 4.90. The number of aliphatic hydroxyl groups excluding tert-OH is 1. The van der Waals surface area contributed by atoms with Gasteiger partial charge in [-0.3, -0.25) is 0 Å². The standard InChI is InChI=1S/C9H16O3/c1-6(10)8-7-4-3-5-9(2,11-7)12-8/h6-8,10H,3-5H2,1-2H3/t6-,7+,8+,9+/m0/s1. The van der Waals surface area contributed by atoms with Gasteiger partial charge in [-0.25, -0.2) is 0 Å². The summed E-state index contributed by atoms with van der Waals surface area (Å²) >= 11 is 0. The summed E-state index contributed by atoms with van der Waals surface area (Å²) in [4.78, 5) is 0. The van der Waals surface area contributed by atoms with E-state index >= 15 is 0 Å². The van der Waals surface area contributed by atoms with E-state index < -0.39 is 11.9 Å². The lowest BCUT2D eigenvalue weighted by atomic mass is 10.0. The Morgan fingerprint density at radius 1 is 1.50 bits per heavy atom. The smallest absolute Gasteiger partial charge is 0.166 e. The first-order valence-electron chi connectivity index (χ1n) is 4.64. The Morgan fingerprint density at radius 3 is 2.83 bits per heavy atom. The molecule has 3 heteroatoms. The lowest BCUT2D eigenvalue weighted by Gasteiger charge is -2.26. The normalized spacial score (nSPS) is 49.2. The Bertz CT molecular complexity index is 181. The summed E-state index contributed by atoms with van der Waals surface area (Å²) in [5.41, 5.74) is 0. The number of fused-ring (bicyclic) bond motifs is 2. The zero-order valence-corrected chi connectivity index (χ0v) is 7.62. The van der Waals surface area contributed by atoms with Crippen LogP contribution in [0.2, 0.25) is 0 Å². The van der Waals surface area contributed by atoms with Crippen molar-refractivity contribution in [3.05, 3.63) is 0 Å². The van der Waals surface area contributed by atoms with E-state index in [0.29, 0.717) is 0 Å². The third kappa shape index (κ3) is 1.26. The van der Waals surface area contributed by atoms with Crippen LogP contribution in [0.25, 0.3) is 0 Å². The summed E-state index contributed by atoms with van der Waals surface area (Å²) in [6.07, 6.45) is 2.69. The average Bonchev–Trinajstić information content (AvgIpc) is 2.22. The van der Waals surface area contributed by atoms with Crippen LogP contribution in [0.1, 0.15) is 33.1 Å². The van der Waals surface area contributed by atoms with Crippen LogP contribution >= 0.6 is 0 Å². The van der Waals surface area contributed by atoms with Crippen molar-refractivity contribution in [3.8, 4) is 0 Å². The van der Waals surface area contributed by atoms with Gasteiger partial charge in [-0.05, 0) is 26.7 Å². The Labute approximate surface area is 72.7 Å². The van der Waals surface area contributed by atoms with Crippen molar-refractivity contribution in [2.45, 2.75) is 57.2 Å². The molecule has 0 aliphatic carbocycles. The molecule has 12 heavy (non-hydrogen) atoms. The number of ether oxygens (including phenoxy) is 2. The summed E-state index contributed by atoms with van der Waals surface area (Å²) in [6, 6.07) is 0. The molecular formula is C9H16O3. The molecule has 4 atom stereocenters. The van der Waals surface area contributed by atoms with Crippen molar-refractivity contribution >= 4 is 0 Å². The highest BCUT2D eigenvalue weighted by Crippen LogP contribution is 2.40. The van der Waals surface area contributed by atoms with E-state index in [1.54, 1.807) is 6.92 Å². The third-order valence-corrected chi connectivity index (χ3v) is 2.75. The van der Waals surface area contributed by atoms with E-state index in [9.17, 15) is 5.11 Å². The van der Waals surface area contributed by atoms with E-state index in [2.05, 4.69) is 0 Å². The molecule has 0 unspecified atom stereocenters. The lowest BCUT2D eigenvalue weighted by molar-refractivity contribution is -0.183. The Kier molecular flexibility index (Phi) is 1.90. The fourth-order valence-electron chi connectivity index (χ4n) is 2.15. The molecule has 2 aliphatic heterocycles. The molecule has 1 N–H and O–H groups in total. The number of hydrogen-bond donors (Lipinski definition) is 1. The maximum Gasteiger partial charge on any atom is 0.166 e. The predicted molar refractivity (Wildman–Crippen MR) is 43.7 cm³/mol. The van der Waals surface area contributed by atoms with Crippen LogP contribution in [0.15, 0.2) is 0 Å². The van der Waals surface area contributed by atoms with Crippen LogP contribution in [-0.4, -0.2) is 29.2 Å². The molecule has 0 aromatic carbocycles. The van der Waals surface area contributed by atoms with E-state index in [1.165, 1.54) is 0 Å². The quantitative estimate of drug-likeness (QED) is 0.642. The number of aliphatic hydroxyl groups is 1. The fourth-order valence-corrected chi connectivity index (χ4v) is 2.15. The number of hydrogen-bond acceptors (Lipinski definition) is 3. The van der Waals surface area contributed by atoms with E-state index in [-0.39, 0.29) is 12.2 Å². The van der Waals surface area contributed by atoms with Crippen molar-refractivity contribution in [1.29, 1.82) is 0 Å². The molecular weight excluding hydrogens is 156 g/mol. The van der Waals surface area contributed by atoms with E-state index in [1.807, 2.05) is 6.92 Å². The zero-order chi connectivity index (χ0) is 8.77. The van der Waals surface area contributed by atoms with Crippen LogP contribution in [0.3, 0.4) is 0 Å². The van der Waals surface area contributed by atoms with Gasteiger partial charge in [0.2, 0.25) is 0 Å². The van der Waals surface area contributed by atoms with Crippen LogP contribution in [0.4, 0.5) is 0 Å². The number of rotatable bonds is 1. The Morgan fingerprint density at radius 2 is 2.25 bits per heavy atom. The summed E-state index contributed by atoms with van der Waals surface area (Å²) in [5, 5.41) is 9.41. The molecule has 2 saturated heterocycles. The maximum absolute atomic E-state index is 9.41. The van der Waals surface area contributed by atoms with Crippen LogP contribution in [0.5, 0.6) is 0 Å². The highest BCUT2D eigenvalue weighted by Gasteiger charge is 2.48. The van der Waals surface area contributed by atoms with Crippen LogP contribution < -0.4 is 0 Å². The summed E-state index contributed by atoms with van der Waals surface area (Å²) in [5.74, 6) is -0.412. The van der Waals surface area contributed by atoms with Crippen LogP contribution in [0, 0.1) is 0 Å². The summed E-state index contributed by atoms with van der Waals surface area (Å²) in [7, 11) is 0. The van der Waals surface area contributed by atoms with E-state index in [4.69, 9.17) is 9.47 Å². The van der Waals surface area contributed by atoms with Gasteiger partial charge in [-0.1, -0.05) is 0 Å². The van der Waals surface area contributed by atoms with Crippen molar-refractivity contribution in [2.24, 2.45) is 0 Å². The maximum atomic E-state index is 9.41. The molecule has 0 spiro atoms. The summed E-state index contributed by atoms with van der Waals surface area (Å²) in [6.45, 7) is 3.72. The van der Waals surface area contributed by atoms with Crippen molar-refractivity contribution in [1.82, 2.24) is 0 Å². The van der Waals surface area contributed by atoms with Gasteiger partial charge < -0.3 is 14.6 Å². The van der Waals surface area contributed by atoms with Gasteiger partial charge in [0.1, 0.15) is 6.10 Å². The molecule has 0 saturated carbocycles. The first-order valence-corrected chi connectivity index (χ1v) is 4.64. The predicted octanol–water partition coefficient (Wildman–Crippen LogP) is 1.05. The highest BCUT2D eigenvalue weighted by atomic mass is 16.8. The SMILES string of the molecule is C[C@H](O)[C@H]1O[C@]2(C)CCC[C@H]1O2. The molecule has 3 nitrogen and oxygen atoms in total. The van der Waals surface area contributed by atoms with Gasteiger partial charge in [0.15, 0.2) is 5.79 Å². The largest absolute Gasteiger partial charge is 0.391 e. The second-order valence-corrected chi connectivity index (χ2v) is 4.01. The van der Waals surface area contributed by atoms with Gasteiger partial charge in [-0.2, -0.15) is 0 Å². The second kappa shape index (κ2) is 2.69. The molecule has 0 aromatic rings. The van der Waals surface area contributed by atoms with Crippen LogP contribution in [-0.2, 0) is 9.47 Å². The molecule has 2 rings (SSSR count). The molecule has 0 aromatic heterocycles. The molecule has 2 heterocycles.